The molecular formula is C27H23BrCl2N2O3. The lowest BCUT2D eigenvalue weighted by Crippen LogP contribution is -2.13. The van der Waals surface area contributed by atoms with Crippen LogP contribution in [0, 0.1) is 25.2 Å². The molecule has 3 aromatic carbocycles. The van der Waals surface area contributed by atoms with E-state index >= 15 is 0 Å². The number of nitrogens with zero attached hydrogens (tertiary/aromatic N) is 1. The van der Waals surface area contributed by atoms with E-state index in [0.29, 0.717) is 43.9 Å². The molecule has 0 aliphatic heterocycles. The third-order valence-corrected chi connectivity index (χ3v) is 6.18. The van der Waals surface area contributed by atoms with Crippen LogP contribution in [-0.2, 0) is 11.4 Å². The number of hydrogen-bond donors (Lipinski definition) is 1. The van der Waals surface area contributed by atoms with Crippen LogP contribution in [0.15, 0.2) is 58.6 Å². The molecule has 1 amide bonds. The number of rotatable bonds is 8. The number of carbonyl (C=O) groups is 1. The Morgan fingerprint density at radius 3 is 2.37 bits per heavy atom. The highest BCUT2D eigenvalue weighted by molar-refractivity contribution is 9.10. The van der Waals surface area contributed by atoms with Gasteiger partial charge in [-0.05, 0) is 79.9 Å². The Labute approximate surface area is 223 Å². The van der Waals surface area contributed by atoms with Crippen LogP contribution in [0.5, 0.6) is 11.5 Å². The van der Waals surface area contributed by atoms with Crippen LogP contribution in [0.1, 0.15) is 29.2 Å². The number of nitriles is 1. The largest absolute Gasteiger partial charge is 0.490 e. The average molecular weight is 574 g/mol. The van der Waals surface area contributed by atoms with Crippen molar-refractivity contribution in [2.24, 2.45) is 0 Å². The SMILES string of the molecule is CCOc1cc(/C=C(\C#N)C(=O)Nc2cc(C)cc(C)c2)c(Br)cc1OCc1ccc(Cl)cc1Cl. The summed E-state index contributed by atoms with van der Waals surface area (Å²) in [7, 11) is 0. The molecule has 0 aliphatic carbocycles. The standard InChI is InChI=1S/C27H23BrCl2N2O3/c1-4-34-25-11-19(10-20(14-31)27(33)32-22-8-16(2)7-17(3)9-22)23(28)13-26(25)35-15-18-5-6-21(29)12-24(18)30/h5-13H,4,15H2,1-3H3,(H,32,33)/b20-10+. The van der Waals surface area contributed by atoms with Crippen LogP contribution < -0.4 is 14.8 Å². The Hall–Kier alpha value is -2.98. The lowest BCUT2D eigenvalue weighted by atomic mass is 10.1. The van der Waals surface area contributed by atoms with Crippen LogP contribution in [-0.4, -0.2) is 12.5 Å². The molecule has 0 bridgehead atoms. The minimum Gasteiger partial charge on any atom is -0.490 e. The lowest BCUT2D eigenvalue weighted by molar-refractivity contribution is -0.112. The van der Waals surface area contributed by atoms with Gasteiger partial charge in [-0.2, -0.15) is 5.26 Å². The Kier molecular flexibility index (Phi) is 9.22. The highest BCUT2D eigenvalue weighted by atomic mass is 79.9. The Bertz CT molecular complexity index is 1310. The molecule has 0 atom stereocenters. The summed E-state index contributed by atoms with van der Waals surface area (Å²) in [6, 6.07) is 16.3. The molecule has 0 fully saturated rings. The summed E-state index contributed by atoms with van der Waals surface area (Å²) in [5, 5.41) is 13.5. The van der Waals surface area contributed by atoms with Crippen LogP contribution >= 0.6 is 39.1 Å². The quantitative estimate of drug-likeness (QED) is 0.219. The first kappa shape index (κ1) is 26.6. The molecule has 5 nitrogen and oxygen atoms in total. The van der Waals surface area contributed by atoms with Gasteiger partial charge >= 0.3 is 0 Å². The van der Waals surface area contributed by atoms with Gasteiger partial charge in [-0.1, -0.05) is 51.3 Å². The number of amides is 1. The fourth-order valence-corrected chi connectivity index (χ4v) is 4.29. The molecule has 3 aromatic rings. The van der Waals surface area contributed by atoms with E-state index in [2.05, 4.69) is 21.2 Å². The molecule has 0 radical (unpaired) electrons. The number of hydrogen-bond acceptors (Lipinski definition) is 4. The molecule has 0 saturated heterocycles. The van der Waals surface area contributed by atoms with Crippen LogP contribution in [0.3, 0.4) is 0 Å². The van der Waals surface area contributed by atoms with E-state index < -0.39 is 5.91 Å². The van der Waals surface area contributed by atoms with E-state index in [0.717, 1.165) is 16.7 Å². The molecule has 0 heterocycles. The van der Waals surface area contributed by atoms with Crippen LogP contribution in [0.2, 0.25) is 10.0 Å². The van der Waals surface area contributed by atoms with Gasteiger partial charge in [0.2, 0.25) is 0 Å². The molecular weight excluding hydrogens is 551 g/mol. The number of halogens is 3. The fourth-order valence-electron chi connectivity index (χ4n) is 3.39. The van der Waals surface area contributed by atoms with Gasteiger partial charge in [-0.25, -0.2) is 0 Å². The fraction of sp³-hybridized carbons (Fsp3) is 0.185. The van der Waals surface area contributed by atoms with Crippen LogP contribution in [0.25, 0.3) is 6.08 Å². The maximum absolute atomic E-state index is 12.8. The summed E-state index contributed by atoms with van der Waals surface area (Å²) in [5.41, 5.74) is 3.98. The number of benzene rings is 3. The van der Waals surface area contributed by atoms with Gasteiger partial charge in [0.15, 0.2) is 11.5 Å². The van der Waals surface area contributed by atoms with E-state index in [1.807, 2.05) is 45.0 Å². The monoisotopic (exact) mass is 572 g/mol. The Balaban J connectivity index is 1.86. The number of carbonyl (C=O) groups excluding carboxylic acids is 1. The van der Waals surface area contributed by atoms with Crippen molar-refractivity contribution in [3.63, 3.8) is 0 Å². The van der Waals surface area contributed by atoms with Crippen LogP contribution in [0.4, 0.5) is 5.69 Å². The maximum atomic E-state index is 12.8. The molecule has 8 heteroatoms. The molecule has 0 aromatic heterocycles. The molecule has 35 heavy (non-hydrogen) atoms. The van der Waals surface area contributed by atoms with Gasteiger partial charge in [-0.15, -0.1) is 0 Å². The van der Waals surface area contributed by atoms with Crippen molar-refractivity contribution in [1.82, 2.24) is 0 Å². The molecule has 3 rings (SSSR count). The zero-order valence-corrected chi connectivity index (χ0v) is 22.5. The van der Waals surface area contributed by atoms with Gasteiger partial charge in [0.05, 0.1) is 6.61 Å². The van der Waals surface area contributed by atoms with Gasteiger partial charge < -0.3 is 14.8 Å². The summed E-state index contributed by atoms with van der Waals surface area (Å²) < 4.78 is 12.4. The zero-order valence-electron chi connectivity index (χ0n) is 19.4. The van der Waals surface area contributed by atoms with E-state index in [9.17, 15) is 10.1 Å². The van der Waals surface area contributed by atoms with Crippen molar-refractivity contribution in [3.05, 3.63) is 90.9 Å². The average Bonchev–Trinajstić information content (AvgIpc) is 2.78. The summed E-state index contributed by atoms with van der Waals surface area (Å²) >= 11 is 15.7. The zero-order chi connectivity index (χ0) is 25.5. The first-order valence-corrected chi connectivity index (χ1v) is 12.3. The first-order chi connectivity index (χ1) is 16.7. The topological polar surface area (TPSA) is 71.3 Å². The second-order valence-electron chi connectivity index (χ2n) is 7.78. The van der Waals surface area contributed by atoms with E-state index in [4.69, 9.17) is 32.7 Å². The number of nitrogens with one attached hydrogen (secondary N) is 1. The summed E-state index contributed by atoms with van der Waals surface area (Å²) in [6.45, 7) is 6.36. The van der Waals surface area contributed by atoms with Gasteiger partial charge in [0.1, 0.15) is 18.2 Å². The highest BCUT2D eigenvalue weighted by Crippen LogP contribution is 2.36. The highest BCUT2D eigenvalue weighted by Gasteiger charge is 2.15. The van der Waals surface area contributed by atoms with Crippen molar-refractivity contribution >= 4 is 56.8 Å². The third-order valence-electron chi connectivity index (χ3n) is 4.91. The number of anilines is 1. The molecule has 0 saturated carbocycles. The van der Waals surface area contributed by atoms with Gasteiger partial charge in [0, 0.05) is 25.8 Å². The van der Waals surface area contributed by atoms with Crippen molar-refractivity contribution in [2.45, 2.75) is 27.4 Å². The first-order valence-electron chi connectivity index (χ1n) is 10.7. The minimum atomic E-state index is -0.500. The summed E-state index contributed by atoms with van der Waals surface area (Å²) in [6.07, 6.45) is 1.50. The van der Waals surface area contributed by atoms with E-state index in [1.54, 1.807) is 30.3 Å². The second kappa shape index (κ2) is 12.1. The number of aryl methyl sites for hydroxylation is 2. The smallest absolute Gasteiger partial charge is 0.266 e. The van der Waals surface area contributed by atoms with Gasteiger partial charge in [-0.3, -0.25) is 4.79 Å². The predicted octanol–water partition coefficient (Wildman–Crippen LogP) is 7.90. The molecule has 1 N–H and O–H groups in total. The summed E-state index contributed by atoms with van der Waals surface area (Å²) in [5.74, 6) is 0.458. The van der Waals surface area contributed by atoms with E-state index in [-0.39, 0.29) is 12.2 Å². The van der Waals surface area contributed by atoms with Gasteiger partial charge in [0.25, 0.3) is 5.91 Å². The predicted molar refractivity (Wildman–Crippen MR) is 144 cm³/mol. The van der Waals surface area contributed by atoms with Crippen molar-refractivity contribution < 1.29 is 14.3 Å². The maximum Gasteiger partial charge on any atom is 0.266 e. The van der Waals surface area contributed by atoms with Crippen molar-refractivity contribution in [3.8, 4) is 17.6 Å². The molecule has 0 aliphatic rings. The van der Waals surface area contributed by atoms with E-state index in [1.165, 1.54) is 6.08 Å². The van der Waals surface area contributed by atoms with Crippen molar-refractivity contribution in [2.75, 3.05) is 11.9 Å². The Morgan fingerprint density at radius 2 is 1.74 bits per heavy atom. The molecule has 0 unspecified atom stereocenters. The molecule has 180 valence electrons. The Morgan fingerprint density at radius 1 is 1.06 bits per heavy atom. The minimum absolute atomic E-state index is 0.0473. The normalized spacial score (nSPS) is 11.1. The lowest BCUT2D eigenvalue weighted by Gasteiger charge is -2.15. The molecule has 0 spiro atoms. The second-order valence-corrected chi connectivity index (χ2v) is 9.48. The third kappa shape index (κ3) is 7.25. The van der Waals surface area contributed by atoms with Crippen molar-refractivity contribution in [1.29, 1.82) is 5.26 Å². The summed E-state index contributed by atoms with van der Waals surface area (Å²) in [4.78, 5) is 12.8. The number of ether oxygens (including phenoxy) is 2.